The molecular formula is C17H23F3N2O4S. The Morgan fingerprint density at radius 1 is 1.19 bits per heavy atom. The molecule has 0 bridgehead atoms. The highest BCUT2D eigenvalue weighted by Crippen LogP contribution is 2.27. The number of carbonyl (C=O) groups excluding carboxylic acids is 1. The Bertz CT molecular complexity index is 740. The molecule has 1 aromatic rings. The second-order valence-corrected chi connectivity index (χ2v) is 8.89. The zero-order chi connectivity index (χ0) is 20.2. The van der Waals surface area contributed by atoms with Crippen LogP contribution in [0, 0.1) is 11.8 Å². The minimum Gasteiger partial charge on any atom is -0.362 e. The van der Waals surface area contributed by atoms with Crippen molar-refractivity contribution in [2.24, 2.45) is 11.8 Å². The third-order valence-corrected chi connectivity index (χ3v) is 5.96. The molecule has 0 aromatic heterocycles. The lowest BCUT2D eigenvalue weighted by Gasteiger charge is -2.34. The van der Waals surface area contributed by atoms with Gasteiger partial charge < -0.3 is 10.1 Å². The SMILES string of the molecule is C[C@H]1C[C@H](C)CN(S(=O)(=O)c2ccc(NC(=O)COCC(F)(F)F)cc2)C1. The number of piperidine rings is 1. The van der Waals surface area contributed by atoms with Gasteiger partial charge in [0.2, 0.25) is 15.9 Å². The van der Waals surface area contributed by atoms with Crippen LogP contribution in [0.25, 0.3) is 0 Å². The summed E-state index contributed by atoms with van der Waals surface area (Å²) in [5, 5.41) is 2.36. The zero-order valence-electron chi connectivity index (χ0n) is 15.1. The smallest absolute Gasteiger partial charge is 0.362 e. The van der Waals surface area contributed by atoms with Crippen LogP contribution >= 0.6 is 0 Å². The molecule has 152 valence electrons. The lowest BCUT2D eigenvalue weighted by atomic mass is 9.94. The van der Waals surface area contributed by atoms with Crippen molar-refractivity contribution < 1.29 is 31.1 Å². The molecule has 2 atom stereocenters. The monoisotopic (exact) mass is 408 g/mol. The van der Waals surface area contributed by atoms with Crippen molar-refractivity contribution in [3.63, 3.8) is 0 Å². The van der Waals surface area contributed by atoms with Gasteiger partial charge in [0.15, 0.2) is 0 Å². The molecule has 1 amide bonds. The average molecular weight is 408 g/mol. The summed E-state index contributed by atoms with van der Waals surface area (Å²) in [7, 11) is -3.63. The molecule has 0 saturated carbocycles. The van der Waals surface area contributed by atoms with Gasteiger partial charge in [0.25, 0.3) is 0 Å². The average Bonchev–Trinajstić information content (AvgIpc) is 2.53. The summed E-state index contributed by atoms with van der Waals surface area (Å²) >= 11 is 0. The van der Waals surface area contributed by atoms with Crippen molar-refractivity contribution in [1.29, 1.82) is 0 Å². The van der Waals surface area contributed by atoms with E-state index in [1.54, 1.807) is 0 Å². The third kappa shape index (κ3) is 6.47. The minimum absolute atomic E-state index is 0.107. The number of anilines is 1. The summed E-state index contributed by atoms with van der Waals surface area (Å²) in [4.78, 5) is 11.7. The maximum Gasteiger partial charge on any atom is 0.411 e. The fourth-order valence-electron chi connectivity index (χ4n) is 3.12. The third-order valence-electron chi connectivity index (χ3n) is 4.11. The van der Waals surface area contributed by atoms with Gasteiger partial charge in [-0.2, -0.15) is 17.5 Å². The highest BCUT2D eigenvalue weighted by molar-refractivity contribution is 7.89. The van der Waals surface area contributed by atoms with Crippen LogP contribution in [0.4, 0.5) is 18.9 Å². The predicted molar refractivity (Wildman–Crippen MR) is 93.6 cm³/mol. The number of rotatable bonds is 6. The summed E-state index contributed by atoms with van der Waals surface area (Å²) in [5.74, 6) is -0.203. The first-order chi connectivity index (χ1) is 12.5. The topological polar surface area (TPSA) is 75.7 Å². The Kier molecular flexibility index (Phi) is 6.87. The van der Waals surface area contributed by atoms with Gasteiger partial charge >= 0.3 is 6.18 Å². The van der Waals surface area contributed by atoms with Crippen molar-refractivity contribution in [2.75, 3.05) is 31.6 Å². The van der Waals surface area contributed by atoms with Gasteiger partial charge in [-0.15, -0.1) is 0 Å². The Hall–Kier alpha value is -1.65. The van der Waals surface area contributed by atoms with E-state index in [0.717, 1.165) is 6.42 Å². The Morgan fingerprint density at radius 3 is 2.26 bits per heavy atom. The number of ether oxygens (including phenoxy) is 1. The van der Waals surface area contributed by atoms with E-state index in [4.69, 9.17) is 0 Å². The molecule has 0 radical (unpaired) electrons. The summed E-state index contributed by atoms with van der Waals surface area (Å²) in [6, 6.07) is 5.52. The molecule has 1 aromatic carbocycles. The summed E-state index contributed by atoms with van der Waals surface area (Å²) in [6.07, 6.45) is -3.52. The molecular weight excluding hydrogens is 385 g/mol. The second-order valence-electron chi connectivity index (χ2n) is 6.95. The van der Waals surface area contributed by atoms with E-state index < -0.39 is 35.3 Å². The maximum absolute atomic E-state index is 12.8. The number of sulfonamides is 1. The molecule has 1 heterocycles. The van der Waals surface area contributed by atoms with Gasteiger partial charge in [-0.05, 0) is 42.5 Å². The van der Waals surface area contributed by atoms with E-state index in [1.165, 1.54) is 28.6 Å². The van der Waals surface area contributed by atoms with Gasteiger partial charge in [0, 0.05) is 18.8 Å². The zero-order valence-corrected chi connectivity index (χ0v) is 15.9. The molecule has 0 unspecified atom stereocenters. The number of nitrogens with one attached hydrogen (secondary N) is 1. The molecule has 6 nitrogen and oxygen atoms in total. The van der Waals surface area contributed by atoms with E-state index in [-0.39, 0.29) is 22.4 Å². The highest BCUT2D eigenvalue weighted by atomic mass is 32.2. The van der Waals surface area contributed by atoms with E-state index >= 15 is 0 Å². The number of hydrogen-bond donors (Lipinski definition) is 1. The molecule has 27 heavy (non-hydrogen) atoms. The molecule has 10 heteroatoms. The largest absolute Gasteiger partial charge is 0.411 e. The second kappa shape index (κ2) is 8.57. The van der Waals surface area contributed by atoms with E-state index in [9.17, 15) is 26.4 Å². The summed E-state index contributed by atoms with van der Waals surface area (Å²) < 4.78 is 67.2. The van der Waals surface area contributed by atoms with Gasteiger partial charge in [0.1, 0.15) is 13.2 Å². The van der Waals surface area contributed by atoms with Crippen LogP contribution < -0.4 is 5.32 Å². The van der Waals surface area contributed by atoms with E-state index in [1.807, 2.05) is 13.8 Å². The molecule has 1 fully saturated rings. The van der Waals surface area contributed by atoms with Crippen LogP contribution in [0.5, 0.6) is 0 Å². The molecule has 1 aliphatic rings. The van der Waals surface area contributed by atoms with Crippen molar-refractivity contribution in [1.82, 2.24) is 4.31 Å². The molecule has 1 N–H and O–H groups in total. The number of hydrogen-bond acceptors (Lipinski definition) is 4. The van der Waals surface area contributed by atoms with Gasteiger partial charge in [-0.25, -0.2) is 8.42 Å². The number of nitrogens with zero attached hydrogens (tertiary/aromatic N) is 1. The standard InChI is InChI=1S/C17H23F3N2O4S/c1-12-7-13(2)9-22(8-12)27(24,25)15-5-3-14(4-6-15)21-16(23)10-26-11-17(18,19)20/h3-6,12-13H,7-11H2,1-2H3,(H,21,23)/t12-,13-/m0/s1. The Morgan fingerprint density at radius 2 is 1.74 bits per heavy atom. The Labute approximate surface area is 156 Å². The van der Waals surface area contributed by atoms with E-state index in [0.29, 0.717) is 13.1 Å². The van der Waals surface area contributed by atoms with Gasteiger partial charge in [0.05, 0.1) is 4.90 Å². The van der Waals surface area contributed by atoms with Crippen molar-refractivity contribution in [3.05, 3.63) is 24.3 Å². The normalized spacial score (nSPS) is 21.8. The van der Waals surface area contributed by atoms with Crippen LogP contribution in [-0.2, 0) is 19.6 Å². The molecule has 0 aliphatic carbocycles. The van der Waals surface area contributed by atoms with Crippen LogP contribution in [0.3, 0.4) is 0 Å². The lowest BCUT2D eigenvalue weighted by molar-refractivity contribution is -0.174. The van der Waals surface area contributed by atoms with Crippen molar-refractivity contribution in [3.8, 4) is 0 Å². The summed E-state index contributed by atoms with van der Waals surface area (Å²) in [5.41, 5.74) is 0.273. The molecule has 2 rings (SSSR count). The number of carbonyl (C=O) groups is 1. The van der Waals surface area contributed by atoms with E-state index in [2.05, 4.69) is 10.1 Å². The Balaban J connectivity index is 1.97. The van der Waals surface area contributed by atoms with Crippen LogP contribution in [-0.4, -0.2) is 51.1 Å². The van der Waals surface area contributed by atoms with Crippen molar-refractivity contribution in [2.45, 2.75) is 31.3 Å². The molecule has 0 spiro atoms. The first kappa shape index (κ1) is 21.6. The number of alkyl halides is 3. The first-order valence-corrected chi connectivity index (χ1v) is 9.96. The molecule has 1 aliphatic heterocycles. The lowest BCUT2D eigenvalue weighted by Crippen LogP contribution is -2.42. The first-order valence-electron chi connectivity index (χ1n) is 8.52. The quantitative estimate of drug-likeness (QED) is 0.785. The number of benzene rings is 1. The molecule has 1 saturated heterocycles. The fraction of sp³-hybridized carbons (Fsp3) is 0.588. The van der Waals surface area contributed by atoms with Gasteiger partial charge in [-0.1, -0.05) is 13.8 Å². The van der Waals surface area contributed by atoms with Crippen LogP contribution in [0.2, 0.25) is 0 Å². The van der Waals surface area contributed by atoms with Crippen LogP contribution in [0.1, 0.15) is 20.3 Å². The van der Waals surface area contributed by atoms with Crippen molar-refractivity contribution >= 4 is 21.6 Å². The van der Waals surface area contributed by atoms with Crippen LogP contribution in [0.15, 0.2) is 29.2 Å². The number of halogens is 3. The highest BCUT2D eigenvalue weighted by Gasteiger charge is 2.31. The predicted octanol–water partition coefficient (Wildman–Crippen LogP) is 2.87. The minimum atomic E-state index is -4.50. The van der Waals surface area contributed by atoms with Gasteiger partial charge in [-0.3, -0.25) is 4.79 Å². The fourth-order valence-corrected chi connectivity index (χ4v) is 4.80. The summed E-state index contributed by atoms with van der Waals surface area (Å²) in [6.45, 7) is 2.69. The number of amides is 1. The maximum atomic E-state index is 12.8.